The lowest BCUT2D eigenvalue weighted by Crippen LogP contribution is -1.93. The topological polar surface area (TPSA) is 32.6 Å². The summed E-state index contributed by atoms with van der Waals surface area (Å²) >= 11 is 1.76. The second-order valence-corrected chi connectivity index (χ2v) is 4.55. The van der Waals surface area contributed by atoms with E-state index < -0.39 is 0 Å². The summed E-state index contributed by atoms with van der Waals surface area (Å²) in [6, 6.07) is 8.18. The van der Waals surface area contributed by atoms with Gasteiger partial charge < -0.3 is 5.21 Å². The Morgan fingerprint density at radius 3 is 2.93 bits per heavy atom. The first-order valence-corrected chi connectivity index (χ1v) is 5.22. The third-order valence-electron chi connectivity index (χ3n) is 2.22. The van der Waals surface area contributed by atoms with Gasteiger partial charge in [-0.05, 0) is 26.0 Å². The molecule has 2 aromatic rings. The van der Waals surface area contributed by atoms with Gasteiger partial charge in [0.05, 0.1) is 5.71 Å². The predicted molar refractivity (Wildman–Crippen MR) is 60.6 cm³/mol. The van der Waals surface area contributed by atoms with Gasteiger partial charge in [-0.3, -0.25) is 0 Å². The lowest BCUT2D eigenvalue weighted by molar-refractivity contribution is 0.319. The summed E-state index contributed by atoms with van der Waals surface area (Å²) in [7, 11) is 0. The first kappa shape index (κ1) is 9.21. The molecular formula is C11H11NOS. The van der Waals surface area contributed by atoms with Crippen molar-refractivity contribution in [2.24, 2.45) is 5.16 Å². The molecular weight excluding hydrogens is 194 g/mol. The minimum Gasteiger partial charge on any atom is -0.411 e. The van der Waals surface area contributed by atoms with Crippen LogP contribution in [0, 0.1) is 6.92 Å². The minimum absolute atomic E-state index is 0.661. The standard InChI is InChI=1S/C11H11NOS/c1-7-6-10-9(8(2)12-13)4-3-5-11(10)14-7/h3-6,13H,1-2H3/b12-8+. The monoisotopic (exact) mass is 205 g/mol. The van der Waals surface area contributed by atoms with E-state index in [1.807, 2.05) is 19.1 Å². The Hall–Kier alpha value is -1.35. The van der Waals surface area contributed by atoms with E-state index in [-0.39, 0.29) is 0 Å². The van der Waals surface area contributed by atoms with Crippen LogP contribution in [-0.2, 0) is 0 Å². The molecule has 2 rings (SSSR count). The number of fused-ring (bicyclic) bond motifs is 1. The molecule has 0 atom stereocenters. The van der Waals surface area contributed by atoms with Crippen molar-refractivity contribution in [3.8, 4) is 0 Å². The Kier molecular flexibility index (Phi) is 2.25. The van der Waals surface area contributed by atoms with Crippen LogP contribution in [0.2, 0.25) is 0 Å². The highest BCUT2D eigenvalue weighted by molar-refractivity contribution is 7.19. The minimum atomic E-state index is 0.661. The summed E-state index contributed by atoms with van der Waals surface area (Å²) in [4.78, 5) is 1.28. The molecule has 1 aromatic carbocycles. The second kappa shape index (κ2) is 3.42. The molecule has 3 heteroatoms. The molecule has 0 saturated carbocycles. The molecule has 0 aliphatic rings. The molecule has 0 spiro atoms. The van der Waals surface area contributed by atoms with Crippen LogP contribution < -0.4 is 0 Å². The molecule has 0 fully saturated rings. The Balaban J connectivity index is 2.76. The summed E-state index contributed by atoms with van der Waals surface area (Å²) in [5.74, 6) is 0. The molecule has 1 N–H and O–H groups in total. The summed E-state index contributed by atoms with van der Waals surface area (Å²) in [5.41, 5.74) is 1.67. The Morgan fingerprint density at radius 1 is 1.43 bits per heavy atom. The number of oxime groups is 1. The highest BCUT2D eigenvalue weighted by Crippen LogP contribution is 2.28. The first-order valence-electron chi connectivity index (χ1n) is 4.40. The molecule has 72 valence electrons. The molecule has 1 heterocycles. The van der Waals surface area contributed by atoms with Crippen molar-refractivity contribution in [3.63, 3.8) is 0 Å². The first-order chi connectivity index (χ1) is 6.72. The van der Waals surface area contributed by atoms with Gasteiger partial charge in [0.25, 0.3) is 0 Å². The van der Waals surface area contributed by atoms with Gasteiger partial charge in [0, 0.05) is 20.5 Å². The van der Waals surface area contributed by atoms with Gasteiger partial charge in [-0.2, -0.15) is 0 Å². The number of aryl methyl sites for hydroxylation is 1. The third-order valence-corrected chi connectivity index (χ3v) is 3.24. The molecule has 0 aliphatic carbocycles. The van der Waals surface area contributed by atoms with Crippen molar-refractivity contribution in [2.45, 2.75) is 13.8 Å². The zero-order valence-electron chi connectivity index (χ0n) is 8.11. The van der Waals surface area contributed by atoms with Gasteiger partial charge in [0.1, 0.15) is 0 Å². The summed E-state index contributed by atoms with van der Waals surface area (Å²) in [5, 5.41) is 13.2. The van der Waals surface area contributed by atoms with E-state index in [2.05, 4.69) is 24.2 Å². The van der Waals surface area contributed by atoms with Crippen LogP contribution in [0.4, 0.5) is 0 Å². The van der Waals surface area contributed by atoms with Crippen molar-refractivity contribution in [3.05, 3.63) is 34.7 Å². The maximum Gasteiger partial charge on any atom is 0.0843 e. The van der Waals surface area contributed by atoms with Crippen molar-refractivity contribution in [1.29, 1.82) is 0 Å². The fraction of sp³-hybridized carbons (Fsp3) is 0.182. The van der Waals surface area contributed by atoms with Gasteiger partial charge in [-0.1, -0.05) is 17.3 Å². The smallest absolute Gasteiger partial charge is 0.0843 e. The zero-order chi connectivity index (χ0) is 10.1. The van der Waals surface area contributed by atoms with Gasteiger partial charge in [0.15, 0.2) is 0 Å². The van der Waals surface area contributed by atoms with Gasteiger partial charge >= 0.3 is 0 Å². The Labute approximate surface area is 86.5 Å². The molecule has 2 nitrogen and oxygen atoms in total. The van der Waals surface area contributed by atoms with Crippen molar-refractivity contribution >= 4 is 27.1 Å². The number of nitrogens with zero attached hydrogens (tertiary/aromatic N) is 1. The van der Waals surface area contributed by atoms with E-state index in [4.69, 9.17) is 5.21 Å². The molecule has 1 aromatic heterocycles. The molecule has 0 bridgehead atoms. The lowest BCUT2D eigenvalue weighted by Gasteiger charge is -1.99. The average Bonchev–Trinajstić information content (AvgIpc) is 2.56. The van der Waals surface area contributed by atoms with Crippen LogP contribution >= 0.6 is 11.3 Å². The van der Waals surface area contributed by atoms with E-state index >= 15 is 0 Å². The molecule has 0 aliphatic heterocycles. The number of rotatable bonds is 1. The van der Waals surface area contributed by atoms with E-state index in [0.717, 1.165) is 5.56 Å². The number of hydrogen-bond acceptors (Lipinski definition) is 3. The van der Waals surface area contributed by atoms with E-state index in [1.165, 1.54) is 15.0 Å². The normalized spacial score (nSPS) is 12.3. The van der Waals surface area contributed by atoms with Crippen LogP contribution in [0.5, 0.6) is 0 Å². The van der Waals surface area contributed by atoms with Crippen LogP contribution in [0.15, 0.2) is 29.4 Å². The maximum atomic E-state index is 8.75. The SMILES string of the molecule is C/C(=N\O)c1cccc2sc(C)cc12. The molecule has 0 radical (unpaired) electrons. The summed E-state index contributed by atoms with van der Waals surface area (Å²) < 4.78 is 1.24. The summed E-state index contributed by atoms with van der Waals surface area (Å²) in [6.07, 6.45) is 0. The average molecular weight is 205 g/mol. The molecule has 14 heavy (non-hydrogen) atoms. The quantitative estimate of drug-likeness (QED) is 0.432. The highest BCUT2D eigenvalue weighted by Gasteiger charge is 2.06. The molecule has 0 saturated heterocycles. The van der Waals surface area contributed by atoms with Crippen molar-refractivity contribution < 1.29 is 5.21 Å². The molecule has 0 amide bonds. The van der Waals surface area contributed by atoms with Gasteiger partial charge in [-0.25, -0.2) is 0 Å². The van der Waals surface area contributed by atoms with Crippen LogP contribution in [0.1, 0.15) is 17.4 Å². The van der Waals surface area contributed by atoms with E-state index in [1.54, 1.807) is 11.3 Å². The van der Waals surface area contributed by atoms with Crippen LogP contribution in [-0.4, -0.2) is 10.9 Å². The van der Waals surface area contributed by atoms with Crippen molar-refractivity contribution in [2.75, 3.05) is 0 Å². The summed E-state index contributed by atoms with van der Waals surface area (Å²) in [6.45, 7) is 3.89. The largest absolute Gasteiger partial charge is 0.411 e. The van der Waals surface area contributed by atoms with Gasteiger partial charge in [-0.15, -0.1) is 11.3 Å². The fourth-order valence-electron chi connectivity index (χ4n) is 1.56. The Bertz CT molecular complexity index is 499. The zero-order valence-corrected chi connectivity index (χ0v) is 8.93. The number of thiophene rings is 1. The third kappa shape index (κ3) is 1.40. The maximum absolute atomic E-state index is 8.75. The van der Waals surface area contributed by atoms with Crippen LogP contribution in [0.3, 0.4) is 0 Å². The number of hydrogen-bond donors (Lipinski definition) is 1. The second-order valence-electron chi connectivity index (χ2n) is 3.26. The van der Waals surface area contributed by atoms with E-state index in [0.29, 0.717) is 5.71 Å². The van der Waals surface area contributed by atoms with Crippen molar-refractivity contribution in [1.82, 2.24) is 0 Å². The Morgan fingerprint density at radius 2 is 2.21 bits per heavy atom. The predicted octanol–water partition coefficient (Wildman–Crippen LogP) is 3.41. The number of benzene rings is 1. The van der Waals surface area contributed by atoms with Crippen LogP contribution in [0.25, 0.3) is 10.1 Å². The highest BCUT2D eigenvalue weighted by atomic mass is 32.1. The lowest BCUT2D eigenvalue weighted by atomic mass is 10.1. The fourth-order valence-corrected chi connectivity index (χ4v) is 2.51. The van der Waals surface area contributed by atoms with E-state index in [9.17, 15) is 0 Å². The van der Waals surface area contributed by atoms with Gasteiger partial charge in [0.2, 0.25) is 0 Å². The molecule has 0 unspecified atom stereocenters.